The zero-order valence-corrected chi connectivity index (χ0v) is 15.4. The van der Waals surface area contributed by atoms with Crippen molar-refractivity contribution in [1.29, 1.82) is 0 Å². The molecule has 0 aliphatic rings. The molecule has 0 radical (unpaired) electrons. The average molecular weight is 420 g/mol. The number of carbonyl (C=O) groups excluding carboxylic acids is 1. The quantitative estimate of drug-likeness (QED) is 0.500. The molecule has 0 fully saturated rings. The van der Waals surface area contributed by atoms with Gasteiger partial charge in [-0.05, 0) is 55.9 Å². The number of halogens is 6. The molecule has 0 saturated carbocycles. The summed E-state index contributed by atoms with van der Waals surface area (Å²) in [6.07, 6.45) is -9.97. The van der Waals surface area contributed by atoms with E-state index in [4.69, 9.17) is 12.2 Å². The van der Waals surface area contributed by atoms with E-state index in [9.17, 15) is 31.1 Å². The maximum atomic E-state index is 12.9. The molecule has 150 valence electrons. The highest BCUT2D eigenvalue weighted by atomic mass is 32.1. The number of hydrogen-bond donors (Lipinski definition) is 2. The second kappa shape index (κ2) is 7.78. The van der Waals surface area contributed by atoms with Crippen molar-refractivity contribution in [2.75, 3.05) is 5.32 Å². The Morgan fingerprint density at radius 1 is 0.893 bits per heavy atom. The fourth-order valence-electron chi connectivity index (χ4n) is 2.43. The Hall–Kier alpha value is -2.62. The minimum Gasteiger partial charge on any atom is -0.332 e. The number of anilines is 1. The largest absolute Gasteiger partial charge is 0.416 e. The van der Waals surface area contributed by atoms with Crippen LogP contribution in [0.2, 0.25) is 0 Å². The summed E-state index contributed by atoms with van der Waals surface area (Å²) in [5.74, 6) is -0.641. The third-order valence-corrected chi connectivity index (χ3v) is 3.90. The highest BCUT2D eigenvalue weighted by molar-refractivity contribution is 7.80. The summed E-state index contributed by atoms with van der Waals surface area (Å²) >= 11 is 4.85. The van der Waals surface area contributed by atoms with E-state index in [-0.39, 0.29) is 11.6 Å². The third-order valence-electron chi connectivity index (χ3n) is 3.70. The lowest BCUT2D eigenvalue weighted by atomic mass is 10.1. The highest BCUT2D eigenvalue weighted by Crippen LogP contribution is 2.37. The molecule has 3 nitrogen and oxygen atoms in total. The van der Waals surface area contributed by atoms with Gasteiger partial charge in [0, 0.05) is 11.3 Å². The molecule has 2 aromatic rings. The molecule has 0 saturated heterocycles. The zero-order valence-electron chi connectivity index (χ0n) is 14.5. The Morgan fingerprint density at radius 3 is 1.89 bits per heavy atom. The molecule has 0 atom stereocenters. The molecule has 2 N–H and O–H groups in total. The van der Waals surface area contributed by atoms with Crippen molar-refractivity contribution in [2.24, 2.45) is 0 Å². The minimum absolute atomic E-state index is 0.00245. The molecule has 0 spiro atoms. The van der Waals surface area contributed by atoms with E-state index in [0.29, 0.717) is 17.7 Å². The maximum Gasteiger partial charge on any atom is 0.416 e. The smallest absolute Gasteiger partial charge is 0.332 e. The van der Waals surface area contributed by atoms with Crippen LogP contribution in [0.4, 0.5) is 32.0 Å². The molecule has 0 bridgehead atoms. The number of alkyl halides is 6. The van der Waals surface area contributed by atoms with Gasteiger partial charge in [0.05, 0.1) is 11.1 Å². The van der Waals surface area contributed by atoms with Crippen molar-refractivity contribution < 1.29 is 31.1 Å². The van der Waals surface area contributed by atoms with E-state index in [1.54, 1.807) is 19.1 Å². The van der Waals surface area contributed by atoms with E-state index in [2.05, 4.69) is 10.6 Å². The van der Waals surface area contributed by atoms with Gasteiger partial charge in [0.15, 0.2) is 5.11 Å². The lowest BCUT2D eigenvalue weighted by Gasteiger charge is -2.16. The molecule has 0 aliphatic heterocycles. The van der Waals surface area contributed by atoms with Gasteiger partial charge in [-0.1, -0.05) is 17.7 Å². The predicted octanol–water partition coefficient (Wildman–Crippen LogP) is 5.47. The standard InChI is InChI=1S/C18H14F6N2OS/c1-9-3-4-14(10(2)5-9)15(27)26-16(28)25-13-7-11(17(19,20)21)6-12(8-13)18(22,23)24/h3-8H,1-2H3,(H2,25,26,27,28). The number of benzene rings is 2. The summed E-state index contributed by atoms with van der Waals surface area (Å²) in [5.41, 5.74) is -1.71. The maximum absolute atomic E-state index is 12.9. The van der Waals surface area contributed by atoms with E-state index >= 15 is 0 Å². The number of carbonyl (C=O) groups is 1. The topological polar surface area (TPSA) is 41.1 Å². The van der Waals surface area contributed by atoms with E-state index in [1.165, 1.54) is 6.07 Å². The molecule has 0 heterocycles. The molecule has 0 unspecified atom stereocenters. The van der Waals surface area contributed by atoms with Crippen LogP contribution in [0.1, 0.15) is 32.6 Å². The van der Waals surface area contributed by atoms with Gasteiger partial charge in [0.1, 0.15) is 0 Å². The first kappa shape index (κ1) is 21.7. The van der Waals surface area contributed by atoms with E-state index < -0.39 is 40.2 Å². The number of nitrogens with one attached hydrogen (secondary N) is 2. The molecular weight excluding hydrogens is 406 g/mol. The van der Waals surface area contributed by atoms with E-state index in [1.807, 2.05) is 6.92 Å². The summed E-state index contributed by atoms with van der Waals surface area (Å²) in [7, 11) is 0. The van der Waals surface area contributed by atoms with Crippen molar-refractivity contribution in [3.8, 4) is 0 Å². The van der Waals surface area contributed by atoms with Crippen molar-refractivity contribution in [3.05, 3.63) is 64.2 Å². The second-order valence-corrected chi connectivity index (χ2v) is 6.43. The van der Waals surface area contributed by atoms with Gasteiger partial charge in [-0.25, -0.2) is 0 Å². The molecule has 2 aromatic carbocycles. The number of thiocarbonyl (C=S) groups is 1. The Labute approximate surface area is 161 Å². The van der Waals surface area contributed by atoms with Crippen molar-refractivity contribution >= 4 is 28.9 Å². The Bertz CT molecular complexity index is 889. The zero-order chi connectivity index (χ0) is 21.3. The van der Waals surface area contributed by atoms with Gasteiger partial charge in [0.25, 0.3) is 5.91 Å². The van der Waals surface area contributed by atoms with Gasteiger partial charge in [-0.2, -0.15) is 26.3 Å². The fraction of sp³-hybridized carbons (Fsp3) is 0.222. The first-order valence-electron chi connectivity index (χ1n) is 7.76. The molecule has 2 rings (SSSR count). The van der Waals surface area contributed by atoms with Gasteiger partial charge in [0.2, 0.25) is 0 Å². The molecule has 0 aliphatic carbocycles. The van der Waals surface area contributed by atoms with Crippen LogP contribution >= 0.6 is 12.2 Å². The monoisotopic (exact) mass is 420 g/mol. The van der Waals surface area contributed by atoms with E-state index in [0.717, 1.165) is 5.56 Å². The first-order valence-corrected chi connectivity index (χ1v) is 8.17. The SMILES string of the molecule is Cc1ccc(C(=O)NC(=S)Nc2cc(C(F)(F)F)cc(C(F)(F)F)c2)c(C)c1. The molecule has 0 aromatic heterocycles. The van der Waals surface area contributed by atoms with Gasteiger partial charge in [-0.3, -0.25) is 10.1 Å². The van der Waals surface area contributed by atoms with Crippen LogP contribution in [0.15, 0.2) is 36.4 Å². The van der Waals surface area contributed by atoms with Crippen LogP contribution in [-0.2, 0) is 12.4 Å². The Morgan fingerprint density at radius 2 is 1.43 bits per heavy atom. The van der Waals surface area contributed by atoms with Crippen molar-refractivity contribution in [1.82, 2.24) is 5.32 Å². The lowest BCUT2D eigenvalue weighted by Crippen LogP contribution is -2.34. The average Bonchev–Trinajstić information content (AvgIpc) is 2.52. The number of aryl methyl sites for hydroxylation is 2. The summed E-state index contributed by atoms with van der Waals surface area (Å²) in [5, 5.41) is 4.01. The van der Waals surface area contributed by atoms with Crippen LogP contribution < -0.4 is 10.6 Å². The number of hydrogen-bond acceptors (Lipinski definition) is 2. The van der Waals surface area contributed by atoms with Gasteiger partial charge < -0.3 is 5.32 Å². The molecular formula is C18H14F6N2OS. The van der Waals surface area contributed by atoms with Crippen molar-refractivity contribution in [3.63, 3.8) is 0 Å². The first-order chi connectivity index (χ1) is 12.8. The van der Waals surface area contributed by atoms with Crippen LogP contribution in [-0.4, -0.2) is 11.0 Å². The molecule has 10 heteroatoms. The van der Waals surface area contributed by atoms with Crippen LogP contribution in [0, 0.1) is 13.8 Å². The summed E-state index contributed by atoms with van der Waals surface area (Å²) in [4.78, 5) is 12.2. The van der Waals surface area contributed by atoms with Crippen LogP contribution in [0.3, 0.4) is 0 Å². The van der Waals surface area contributed by atoms with Crippen molar-refractivity contribution in [2.45, 2.75) is 26.2 Å². The molecule has 28 heavy (non-hydrogen) atoms. The summed E-state index contributed by atoms with van der Waals surface area (Å²) in [6.45, 7) is 3.51. The molecule has 1 amide bonds. The lowest BCUT2D eigenvalue weighted by molar-refractivity contribution is -0.143. The minimum atomic E-state index is -4.98. The Kier molecular flexibility index (Phi) is 6.03. The van der Waals surface area contributed by atoms with Gasteiger partial charge in [-0.15, -0.1) is 0 Å². The Balaban J connectivity index is 2.24. The normalized spacial score (nSPS) is 11.9. The van der Waals surface area contributed by atoms with Crippen LogP contribution in [0.5, 0.6) is 0 Å². The fourth-order valence-corrected chi connectivity index (χ4v) is 2.64. The number of amides is 1. The third kappa shape index (κ3) is 5.44. The predicted molar refractivity (Wildman–Crippen MR) is 96.0 cm³/mol. The number of rotatable bonds is 2. The highest BCUT2D eigenvalue weighted by Gasteiger charge is 2.37. The summed E-state index contributed by atoms with van der Waals surface area (Å²) < 4.78 is 77.3. The van der Waals surface area contributed by atoms with Crippen LogP contribution in [0.25, 0.3) is 0 Å². The van der Waals surface area contributed by atoms with Gasteiger partial charge >= 0.3 is 12.4 Å². The second-order valence-electron chi connectivity index (χ2n) is 6.02. The summed E-state index contributed by atoms with van der Waals surface area (Å²) in [6, 6.07) is 5.92.